The molecule has 0 heterocycles. The molecule has 0 aromatic heterocycles. The van der Waals surface area contributed by atoms with E-state index in [1.54, 1.807) is 48.6 Å². The highest BCUT2D eigenvalue weighted by molar-refractivity contribution is 6.04. The predicted octanol–water partition coefficient (Wildman–Crippen LogP) is 14.8. The molecule has 7 heteroatoms. The third kappa shape index (κ3) is 24.8. The number of esters is 2. The molecule has 0 spiro atoms. The number of hydrogen-bond donors (Lipinski definition) is 0. The highest BCUT2D eigenvalue weighted by Gasteiger charge is 2.12. The Bertz CT molecular complexity index is 1350. The largest absolute Gasteiger partial charge is 0.493 e. The number of methoxy groups -OCH3 is 2. The van der Waals surface area contributed by atoms with Gasteiger partial charge in [-0.3, -0.25) is 14.4 Å². The number of allylic oxidation sites excluding steroid dienone is 2. The van der Waals surface area contributed by atoms with E-state index >= 15 is 0 Å². The molecule has 0 saturated heterocycles. The zero-order valence-corrected chi connectivity index (χ0v) is 36.9. The first kappa shape index (κ1) is 50.3. The molecule has 0 fully saturated rings. The van der Waals surface area contributed by atoms with Crippen LogP contribution in [0.5, 0.6) is 23.0 Å². The van der Waals surface area contributed by atoms with E-state index in [9.17, 15) is 14.4 Å². The Hall–Kier alpha value is -3.87. The average Bonchev–Trinajstić information content (AvgIpc) is 3.23. The van der Waals surface area contributed by atoms with E-state index < -0.39 is 0 Å². The molecule has 0 N–H and O–H groups in total. The maximum atomic E-state index is 12.7. The van der Waals surface area contributed by atoms with Crippen molar-refractivity contribution >= 4 is 29.9 Å². The summed E-state index contributed by atoms with van der Waals surface area (Å²) in [6.45, 7) is 4.52. The molecule has 2 aromatic carbocycles. The van der Waals surface area contributed by atoms with E-state index in [0.717, 1.165) is 49.7 Å². The van der Waals surface area contributed by atoms with Crippen molar-refractivity contribution < 1.29 is 33.3 Å². The second kappa shape index (κ2) is 34.0. The molecule has 0 radical (unpaired) electrons. The molecule has 0 saturated carbocycles. The van der Waals surface area contributed by atoms with Crippen molar-refractivity contribution in [3.05, 3.63) is 59.7 Å². The van der Waals surface area contributed by atoms with Crippen LogP contribution in [0.4, 0.5) is 0 Å². The Kier molecular flexibility index (Phi) is 29.5. The van der Waals surface area contributed by atoms with E-state index in [0.29, 0.717) is 35.8 Å². The van der Waals surface area contributed by atoms with Gasteiger partial charge in [0.1, 0.15) is 0 Å². The van der Waals surface area contributed by atoms with Crippen molar-refractivity contribution in [2.75, 3.05) is 14.2 Å². The lowest BCUT2D eigenvalue weighted by molar-refractivity contribution is -0.135. The lowest BCUT2D eigenvalue weighted by Gasteiger charge is -2.10. The highest BCUT2D eigenvalue weighted by Crippen LogP contribution is 2.30. The SMILES string of the molecule is CCCCCCCCCCCCCCCC(=O)Oc1ccc(/C=C/C(=O)/C=C/c2ccc(OC(=O)CCCCCCCCCCCCCCC)c(OC)c2)cc1OC. The number of unbranched alkanes of at least 4 members (excludes halogenated alkanes) is 24. The van der Waals surface area contributed by atoms with Crippen LogP contribution in [-0.2, 0) is 14.4 Å². The summed E-state index contributed by atoms with van der Waals surface area (Å²) in [6, 6.07) is 10.4. The molecular formula is C51H78O7. The average molecular weight is 803 g/mol. The van der Waals surface area contributed by atoms with Gasteiger partial charge >= 0.3 is 11.9 Å². The smallest absolute Gasteiger partial charge is 0.311 e. The molecule has 2 aromatic rings. The maximum Gasteiger partial charge on any atom is 0.311 e. The van der Waals surface area contributed by atoms with Gasteiger partial charge in [-0.2, -0.15) is 0 Å². The number of hydrogen-bond acceptors (Lipinski definition) is 7. The first-order chi connectivity index (χ1) is 28.4. The third-order valence-electron chi connectivity index (χ3n) is 10.7. The number of ketones is 1. The lowest BCUT2D eigenvalue weighted by atomic mass is 10.0. The van der Waals surface area contributed by atoms with Gasteiger partial charge in [0.15, 0.2) is 28.8 Å². The monoisotopic (exact) mass is 803 g/mol. The molecule has 324 valence electrons. The van der Waals surface area contributed by atoms with Gasteiger partial charge in [0.25, 0.3) is 0 Å². The van der Waals surface area contributed by atoms with Crippen LogP contribution >= 0.6 is 0 Å². The molecule has 58 heavy (non-hydrogen) atoms. The Morgan fingerprint density at radius 1 is 0.414 bits per heavy atom. The minimum Gasteiger partial charge on any atom is -0.493 e. The first-order valence-electron chi connectivity index (χ1n) is 23.1. The highest BCUT2D eigenvalue weighted by atomic mass is 16.6. The standard InChI is InChI=1S/C51H78O7/c1-5-7-9-11-13-15-17-19-21-23-25-27-29-31-50(53)57-46-39-35-43(41-48(46)55-3)33-37-45(52)38-34-44-36-40-47(49(42-44)56-4)58-51(54)32-30-28-26-24-22-20-18-16-14-12-10-8-6-2/h33-42H,5-32H2,1-4H3/b37-33+,38-34+. The molecule has 0 unspecified atom stereocenters. The summed E-state index contributed by atoms with van der Waals surface area (Å²) in [4.78, 5) is 37.7. The van der Waals surface area contributed by atoms with Crippen molar-refractivity contribution in [3.8, 4) is 23.0 Å². The molecule has 0 amide bonds. The Balaban J connectivity index is 1.67. The molecular weight excluding hydrogens is 725 g/mol. The summed E-state index contributed by atoms with van der Waals surface area (Å²) in [6.07, 6.45) is 39.7. The molecule has 0 aliphatic heterocycles. The summed E-state index contributed by atoms with van der Waals surface area (Å²) in [7, 11) is 3.06. The fourth-order valence-electron chi connectivity index (χ4n) is 7.08. The summed E-state index contributed by atoms with van der Waals surface area (Å²) in [5.74, 6) is 0.860. The van der Waals surface area contributed by atoms with Crippen LogP contribution in [0.15, 0.2) is 48.6 Å². The minimum atomic E-state index is -0.266. The van der Waals surface area contributed by atoms with Crippen molar-refractivity contribution in [3.63, 3.8) is 0 Å². The quantitative estimate of drug-likeness (QED) is 0.0293. The molecule has 0 aliphatic rings. The van der Waals surface area contributed by atoms with E-state index in [1.807, 2.05) is 0 Å². The van der Waals surface area contributed by atoms with Crippen LogP contribution in [0, 0.1) is 0 Å². The number of benzene rings is 2. The Labute approximate surface area is 352 Å². The fourth-order valence-corrected chi connectivity index (χ4v) is 7.08. The zero-order valence-electron chi connectivity index (χ0n) is 36.9. The fraction of sp³-hybridized carbons (Fsp3) is 0.627. The van der Waals surface area contributed by atoms with Gasteiger partial charge in [0.2, 0.25) is 0 Å². The molecule has 7 nitrogen and oxygen atoms in total. The van der Waals surface area contributed by atoms with Gasteiger partial charge in [-0.1, -0.05) is 192 Å². The van der Waals surface area contributed by atoms with Crippen molar-refractivity contribution in [1.82, 2.24) is 0 Å². The van der Waals surface area contributed by atoms with Gasteiger partial charge in [-0.05, 0) is 60.4 Å². The molecule has 0 aliphatic carbocycles. The normalized spacial score (nSPS) is 11.4. The van der Waals surface area contributed by atoms with Crippen LogP contribution in [0.2, 0.25) is 0 Å². The number of ether oxygens (including phenoxy) is 4. The summed E-state index contributed by atoms with van der Waals surface area (Å²) in [5, 5.41) is 0. The molecule has 2 rings (SSSR count). The number of rotatable bonds is 36. The number of carbonyl (C=O) groups is 3. The van der Waals surface area contributed by atoms with E-state index in [4.69, 9.17) is 18.9 Å². The maximum absolute atomic E-state index is 12.7. The van der Waals surface area contributed by atoms with Crippen LogP contribution in [0.25, 0.3) is 12.2 Å². The Morgan fingerprint density at radius 2 is 0.707 bits per heavy atom. The summed E-state index contributed by atoms with van der Waals surface area (Å²) >= 11 is 0. The third-order valence-corrected chi connectivity index (χ3v) is 10.7. The van der Waals surface area contributed by atoms with Gasteiger partial charge in [0, 0.05) is 12.8 Å². The van der Waals surface area contributed by atoms with Gasteiger partial charge in [0.05, 0.1) is 14.2 Å². The zero-order chi connectivity index (χ0) is 41.9. The number of carbonyl (C=O) groups excluding carboxylic acids is 3. The predicted molar refractivity (Wildman–Crippen MR) is 241 cm³/mol. The minimum absolute atomic E-state index is 0.209. The van der Waals surface area contributed by atoms with E-state index in [-0.39, 0.29) is 17.7 Å². The van der Waals surface area contributed by atoms with Crippen LogP contribution in [0.3, 0.4) is 0 Å². The van der Waals surface area contributed by atoms with E-state index in [2.05, 4.69) is 13.8 Å². The summed E-state index contributed by atoms with van der Waals surface area (Å²) < 4.78 is 22.2. The van der Waals surface area contributed by atoms with Gasteiger partial charge < -0.3 is 18.9 Å². The second-order valence-electron chi connectivity index (χ2n) is 15.8. The van der Waals surface area contributed by atoms with Crippen molar-refractivity contribution in [1.29, 1.82) is 0 Å². The molecule has 0 bridgehead atoms. The van der Waals surface area contributed by atoms with Crippen molar-refractivity contribution in [2.24, 2.45) is 0 Å². The summed E-state index contributed by atoms with van der Waals surface area (Å²) in [5.41, 5.74) is 1.48. The van der Waals surface area contributed by atoms with Crippen LogP contribution in [-0.4, -0.2) is 31.9 Å². The van der Waals surface area contributed by atoms with Crippen LogP contribution < -0.4 is 18.9 Å². The topological polar surface area (TPSA) is 88.1 Å². The van der Waals surface area contributed by atoms with E-state index in [1.165, 1.54) is 155 Å². The van der Waals surface area contributed by atoms with Gasteiger partial charge in [-0.25, -0.2) is 0 Å². The molecule has 0 atom stereocenters. The van der Waals surface area contributed by atoms with Crippen LogP contribution in [0.1, 0.15) is 205 Å². The first-order valence-corrected chi connectivity index (χ1v) is 23.1. The van der Waals surface area contributed by atoms with Gasteiger partial charge in [-0.15, -0.1) is 0 Å². The van der Waals surface area contributed by atoms with Crippen molar-refractivity contribution in [2.45, 2.75) is 194 Å². The lowest BCUT2D eigenvalue weighted by Crippen LogP contribution is -2.08. The Morgan fingerprint density at radius 3 is 1.00 bits per heavy atom. The second-order valence-corrected chi connectivity index (χ2v) is 15.8.